The zero-order valence-corrected chi connectivity index (χ0v) is 14.5. The van der Waals surface area contributed by atoms with Crippen molar-refractivity contribution in [3.63, 3.8) is 0 Å². The van der Waals surface area contributed by atoms with E-state index in [2.05, 4.69) is 5.32 Å². The van der Waals surface area contributed by atoms with Crippen LogP contribution in [0, 0.1) is 5.92 Å². The number of alkyl halides is 3. The van der Waals surface area contributed by atoms with Crippen LogP contribution >= 0.6 is 0 Å². The number of carbonyl (C=O) groups is 3. The van der Waals surface area contributed by atoms with Gasteiger partial charge in [-0.05, 0) is 25.7 Å². The molecule has 0 aromatic heterocycles. The summed E-state index contributed by atoms with van der Waals surface area (Å²) in [4.78, 5) is 36.9. The Morgan fingerprint density at radius 1 is 1.24 bits per heavy atom. The number of nitrogens with two attached hydrogens (primary N) is 1. The first kappa shape index (κ1) is 21.2. The van der Waals surface area contributed by atoms with E-state index in [1.165, 1.54) is 11.8 Å². The molecule has 10 heteroatoms. The van der Waals surface area contributed by atoms with E-state index >= 15 is 0 Å². The van der Waals surface area contributed by atoms with Crippen molar-refractivity contribution in [1.29, 1.82) is 0 Å². The molecular formula is C15H25F3N4O3. The Morgan fingerprint density at radius 2 is 1.84 bits per heavy atom. The van der Waals surface area contributed by atoms with Gasteiger partial charge >= 0.3 is 12.1 Å². The smallest absolute Gasteiger partial charge is 0.346 e. The molecule has 0 aromatic rings. The average molecular weight is 366 g/mol. The van der Waals surface area contributed by atoms with Gasteiger partial charge in [0, 0.05) is 19.1 Å². The lowest BCUT2D eigenvalue weighted by molar-refractivity contribution is -0.173. The van der Waals surface area contributed by atoms with Gasteiger partial charge in [-0.25, -0.2) is 0 Å². The summed E-state index contributed by atoms with van der Waals surface area (Å²) in [5.74, 6) is -3.11. The molecule has 1 aliphatic heterocycles. The van der Waals surface area contributed by atoms with Gasteiger partial charge in [0.15, 0.2) is 0 Å². The molecule has 3 atom stereocenters. The number of nitrogens with zero attached hydrogens (tertiary/aromatic N) is 1. The van der Waals surface area contributed by atoms with Gasteiger partial charge < -0.3 is 21.3 Å². The maximum atomic E-state index is 12.7. The summed E-state index contributed by atoms with van der Waals surface area (Å²) in [6, 6.07) is -2.14. The Labute approximate surface area is 144 Å². The van der Waals surface area contributed by atoms with E-state index in [1.807, 2.05) is 5.32 Å². The highest BCUT2D eigenvalue weighted by atomic mass is 19.4. The zero-order valence-electron chi connectivity index (χ0n) is 14.5. The monoisotopic (exact) mass is 366 g/mol. The molecule has 4 N–H and O–H groups in total. The Kier molecular flexibility index (Phi) is 7.21. The van der Waals surface area contributed by atoms with Crippen LogP contribution in [0.3, 0.4) is 0 Å². The summed E-state index contributed by atoms with van der Waals surface area (Å²) in [5.41, 5.74) is 5.50. The average Bonchev–Trinajstić information content (AvgIpc) is 2.96. The van der Waals surface area contributed by atoms with E-state index in [0.717, 1.165) is 0 Å². The predicted octanol–water partition coefficient (Wildman–Crippen LogP) is 0.144. The minimum atomic E-state index is -4.96. The molecule has 1 heterocycles. The number of hydrogen-bond acceptors (Lipinski definition) is 4. The van der Waals surface area contributed by atoms with Gasteiger partial charge in [0.1, 0.15) is 6.04 Å². The second-order valence-electron chi connectivity index (χ2n) is 6.55. The molecule has 0 saturated carbocycles. The van der Waals surface area contributed by atoms with Gasteiger partial charge in [0.05, 0.1) is 6.04 Å². The van der Waals surface area contributed by atoms with Crippen molar-refractivity contribution in [2.45, 2.75) is 57.9 Å². The van der Waals surface area contributed by atoms with Crippen LogP contribution in [0.25, 0.3) is 0 Å². The molecule has 7 nitrogen and oxygen atoms in total. The molecule has 144 valence electrons. The second-order valence-corrected chi connectivity index (χ2v) is 6.55. The molecule has 0 bridgehead atoms. The highest BCUT2D eigenvalue weighted by molar-refractivity contribution is 5.90. The number of nitrogens with one attached hydrogen (secondary N) is 2. The highest BCUT2D eigenvalue weighted by Crippen LogP contribution is 2.21. The van der Waals surface area contributed by atoms with Crippen molar-refractivity contribution in [3.05, 3.63) is 0 Å². The van der Waals surface area contributed by atoms with Crippen LogP contribution in [0.2, 0.25) is 0 Å². The van der Waals surface area contributed by atoms with Crippen molar-refractivity contribution in [1.82, 2.24) is 15.5 Å². The van der Waals surface area contributed by atoms with Crippen LogP contribution in [0.15, 0.2) is 0 Å². The lowest BCUT2D eigenvalue weighted by atomic mass is 10.0. The molecular weight excluding hydrogens is 341 g/mol. The maximum Gasteiger partial charge on any atom is 0.471 e. The number of rotatable bonds is 6. The third kappa shape index (κ3) is 5.87. The van der Waals surface area contributed by atoms with E-state index in [9.17, 15) is 27.6 Å². The lowest BCUT2D eigenvalue weighted by Gasteiger charge is -2.31. The first-order chi connectivity index (χ1) is 11.4. The van der Waals surface area contributed by atoms with Gasteiger partial charge in [-0.1, -0.05) is 13.8 Å². The van der Waals surface area contributed by atoms with Crippen LogP contribution in [0.4, 0.5) is 13.2 Å². The minimum absolute atomic E-state index is 0.221. The zero-order chi connectivity index (χ0) is 19.4. The van der Waals surface area contributed by atoms with Crippen molar-refractivity contribution in [2.75, 3.05) is 13.1 Å². The highest BCUT2D eigenvalue weighted by Gasteiger charge is 2.40. The first-order valence-corrected chi connectivity index (χ1v) is 8.16. The fraction of sp³-hybridized carbons (Fsp3) is 0.800. The molecule has 1 aliphatic rings. The largest absolute Gasteiger partial charge is 0.471 e. The van der Waals surface area contributed by atoms with Crippen molar-refractivity contribution < 1.29 is 27.6 Å². The summed E-state index contributed by atoms with van der Waals surface area (Å²) in [7, 11) is 0. The molecule has 0 aromatic carbocycles. The number of amides is 3. The molecule has 25 heavy (non-hydrogen) atoms. The van der Waals surface area contributed by atoms with Crippen LogP contribution in [0.5, 0.6) is 0 Å². The molecule has 1 fully saturated rings. The van der Waals surface area contributed by atoms with Gasteiger partial charge in [-0.15, -0.1) is 0 Å². The van der Waals surface area contributed by atoms with E-state index in [4.69, 9.17) is 5.73 Å². The van der Waals surface area contributed by atoms with Crippen LogP contribution in [0.1, 0.15) is 33.6 Å². The molecule has 0 aliphatic carbocycles. The van der Waals surface area contributed by atoms with Crippen molar-refractivity contribution in [3.8, 4) is 0 Å². The maximum absolute atomic E-state index is 12.7. The topological polar surface area (TPSA) is 105 Å². The molecule has 0 spiro atoms. The van der Waals surface area contributed by atoms with Crippen molar-refractivity contribution in [2.24, 2.45) is 11.7 Å². The van der Waals surface area contributed by atoms with Crippen molar-refractivity contribution >= 4 is 17.7 Å². The number of halogens is 3. The lowest BCUT2D eigenvalue weighted by Crippen LogP contribution is -2.56. The van der Waals surface area contributed by atoms with E-state index < -0.39 is 36.1 Å². The minimum Gasteiger partial charge on any atom is -0.346 e. The number of likely N-dealkylation sites (tertiary alicyclic amines) is 1. The van der Waals surface area contributed by atoms with Gasteiger partial charge in [0.25, 0.3) is 0 Å². The molecule has 1 saturated heterocycles. The quantitative estimate of drug-likeness (QED) is 0.622. The standard InChI is InChI=1S/C15H25F3N4O3/c1-8(2)11(21-12(23)9(3)19)13(24)22-6-4-5-10(22)7-20-14(25)15(16,17)18/h8-11H,4-7,19H2,1-3H3,(H,20,25)(H,21,23)/t9-,10-,11-/m0/s1. The van der Waals surface area contributed by atoms with Crippen LogP contribution in [-0.2, 0) is 14.4 Å². The Bertz CT molecular complexity index is 509. The van der Waals surface area contributed by atoms with E-state index in [1.54, 1.807) is 13.8 Å². The molecule has 0 radical (unpaired) electrons. The molecule has 3 amide bonds. The Morgan fingerprint density at radius 3 is 2.32 bits per heavy atom. The third-order valence-corrected chi connectivity index (χ3v) is 4.06. The fourth-order valence-electron chi connectivity index (χ4n) is 2.63. The normalized spacial score (nSPS) is 20.3. The van der Waals surface area contributed by atoms with Gasteiger partial charge in [-0.2, -0.15) is 13.2 Å². The summed E-state index contributed by atoms with van der Waals surface area (Å²) >= 11 is 0. The van der Waals surface area contributed by atoms with E-state index in [0.29, 0.717) is 19.4 Å². The first-order valence-electron chi connectivity index (χ1n) is 8.16. The Balaban J connectivity index is 2.76. The molecule has 0 unspecified atom stereocenters. The number of carbonyl (C=O) groups excluding carboxylic acids is 3. The summed E-state index contributed by atoms with van der Waals surface area (Å²) in [6.45, 7) is 5.07. The predicted molar refractivity (Wildman–Crippen MR) is 84.2 cm³/mol. The van der Waals surface area contributed by atoms with Crippen LogP contribution in [-0.4, -0.2) is 60.0 Å². The third-order valence-electron chi connectivity index (χ3n) is 4.06. The number of hydrogen-bond donors (Lipinski definition) is 3. The summed E-state index contributed by atoms with van der Waals surface area (Å²) < 4.78 is 36.8. The van der Waals surface area contributed by atoms with Gasteiger partial charge in [0.2, 0.25) is 11.8 Å². The summed E-state index contributed by atoms with van der Waals surface area (Å²) in [5, 5.41) is 4.39. The SMILES string of the molecule is CC(C)[C@H](NC(=O)[C@H](C)N)C(=O)N1CCC[C@H]1CNC(=O)C(F)(F)F. The van der Waals surface area contributed by atoms with E-state index in [-0.39, 0.29) is 18.4 Å². The van der Waals surface area contributed by atoms with Gasteiger partial charge in [-0.3, -0.25) is 14.4 Å². The fourth-order valence-corrected chi connectivity index (χ4v) is 2.63. The second kappa shape index (κ2) is 8.50. The molecule has 1 rings (SSSR count). The van der Waals surface area contributed by atoms with Crippen LogP contribution < -0.4 is 16.4 Å². The Hall–Kier alpha value is -1.84. The summed E-state index contributed by atoms with van der Waals surface area (Å²) in [6.07, 6.45) is -3.86.